The minimum Gasteiger partial charge on any atom is -0.355 e. The largest absolute Gasteiger partial charge is 0.355 e. The fourth-order valence-electron chi connectivity index (χ4n) is 5.19. The van der Waals surface area contributed by atoms with Crippen molar-refractivity contribution >= 4 is 28.1 Å². The minimum atomic E-state index is -3.87. The number of piperidine rings is 1. The van der Waals surface area contributed by atoms with E-state index in [9.17, 15) is 13.2 Å². The van der Waals surface area contributed by atoms with Crippen molar-refractivity contribution in [3.05, 3.63) is 45.8 Å². The van der Waals surface area contributed by atoms with E-state index in [1.807, 2.05) is 31.9 Å². The number of hydrogen-bond donors (Lipinski definition) is 0. The lowest BCUT2D eigenvalue weighted by molar-refractivity contribution is -0.138. The second-order valence-corrected chi connectivity index (χ2v) is 11.8. The number of benzene rings is 1. The van der Waals surface area contributed by atoms with Gasteiger partial charge in [0.25, 0.3) is 0 Å². The van der Waals surface area contributed by atoms with Crippen LogP contribution in [0.5, 0.6) is 0 Å². The van der Waals surface area contributed by atoms with Gasteiger partial charge in [-0.2, -0.15) is 4.31 Å². The van der Waals surface area contributed by atoms with Crippen LogP contribution in [0.15, 0.2) is 21.6 Å². The molecule has 3 heterocycles. The summed E-state index contributed by atoms with van der Waals surface area (Å²) in [5.41, 5.74) is 4.77. The van der Waals surface area contributed by atoms with Crippen LogP contribution < -0.4 is 0 Å². The van der Waals surface area contributed by atoms with E-state index in [2.05, 4.69) is 29.1 Å². The average molecular weight is 501 g/mol. The third-order valence-corrected chi connectivity index (χ3v) is 9.14. The molecule has 2 aromatic rings. The number of hydrogen-bond acceptors (Lipinski definition) is 6. The number of aromatic nitrogens is 1. The van der Waals surface area contributed by atoms with Crippen molar-refractivity contribution < 1.29 is 17.7 Å². The summed E-state index contributed by atoms with van der Waals surface area (Å²) in [7, 11) is -1.82. The Morgan fingerprint density at radius 1 is 1.03 bits per heavy atom. The first-order chi connectivity index (χ1) is 16.6. The normalized spacial score (nSPS) is 20.6. The predicted octanol–water partition coefficient (Wildman–Crippen LogP) is 3.25. The number of carbonyl (C=O) groups excluding carboxylic acids is 1. The molecule has 35 heavy (non-hydrogen) atoms. The molecule has 1 atom stereocenters. The first kappa shape index (κ1) is 25.6. The molecule has 2 fully saturated rings. The van der Waals surface area contributed by atoms with Gasteiger partial charge in [-0.05, 0) is 70.4 Å². The van der Waals surface area contributed by atoms with E-state index in [-0.39, 0.29) is 29.0 Å². The smallest absolute Gasteiger partial charge is 0.248 e. The molecule has 9 heteroatoms. The highest BCUT2D eigenvalue weighted by Gasteiger charge is 2.38. The number of piperazine rings is 1. The fourth-order valence-corrected chi connectivity index (χ4v) is 6.96. The van der Waals surface area contributed by atoms with E-state index in [4.69, 9.17) is 4.52 Å². The molecule has 2 saturated heterocycles. The lowest BCUT2D eigenvalue weighted by atomic mass is 9.98. The summed E-state index contributed by atoms with van der Waals surface area (Å²) >= 11 is 0. The Hall–Kier alpha value is -2.49. The first-order valence-corrected chi connectivity index (χ1v) is 13.7. The fraction of sp³-hybridized carbons (Fsp3) is 0.538. The molecule has 1 aromatic heterocycles. The first-order valence-electron chi connectivity index (χ1n) is 12.3. The van der Waals surface area contributed by atoms with Gasteiger partial charge in [-0.1, -0.05) is 28.9 Å². The lowest BCUT2D eigenvalue weighted by Gasteiger charge is -2.37. The summed E-state index contributed by atoms with van der Waals surface area (Å²) in [6.45, 7) is 11.4. The second-order valence-electron chi connectivity index (χ2n) is 9.94. The van der Waals surface area contributed by atoms with Crippen LogP contribution in [0.3, 0.4) is 0 Å². The summed E-state index contributed by atoms with van der Waals surface area (Å²) in [4.78, 5) is 17.3. The maximum absolute atomic E-state index is 13.7. The van der Waals surface area contributed by atoms with Crippen molar-refractivity contribution in [2.45, 2.75) is 45.4 Å². The highest BCUT2D eigenvalue weighted by atomic mass is 32.2. The van der Waals surface area contributed by atoms with Gasteiger partial charge in [0, 0.05) is 39.3 Å². The third kappa shape index (κ3) is 5.37. The maximum Gasteiger partial charge on any atom is 0.248 e. The van der Waals surface area contributed by atoms with Gasteiger partial charge in [0.15, 0.2) is 10.7 Å². The standard InChI is InChI=1S/C26H36N4O4S/c1-18-15-19(2)23(20(3)16-18)8-9-24-25(21(4)27-34-24)35(32,33)30-10-6-7-22(17-30)26(31)29-13-11-28(5)12-14-29/h8-9,15-16,22H,6-7,10-14,17H2,1-5H3/b9-8+/t22-/m0/s1. The van der Waals surface area contributed by atoms with Crippen molar-refractivity contribution in [3.63, 3.8) is 0 Å². The van der Waals surface area contributed by atoms with Crippen molar-refractivity contribution in [2.24, 2.45) is 5.92 Å². The van der Waals surface area contributed by atoms with E-state index in [1.54, 1.807) is 13.0 Å². The Labute approximate surface area is 208 Å². The van der Waals surface area contributed by atoms with Crippen LogP contribution in [0.4, 0.5) is 0 Å². The van der Waals surface area contributed by atoms with Crippen LogP contribution in [-0.4, -0.2) is 79.9 Å². The minimum absolute atomic E-state index is 0.0606. The molecule has 0 radical (unpaired) electrons. The number of likely N-dealkylation sites (N-methyl/N-ethyl adjacent to an activating group) is 1. The number of rotatable bonds is 5. The van der Waals surface area contributed by atoms with Crippen LogP contribution in [0.2, 0.25) is 0 Å². The number of amides is 1. The highest BCUT2D eigenvalue weighted by Crippen LogP contribution is 2.30. The van der Waals surface area contributed by atoms with Gasteiger partial charge < -0.3 is 14.3 Å². The Balaban J connectivity index is 1.56. The number of sulfonamides is 1. The molecule has 1 amide bonds. The van der Waals surface area contributed by atoms with Gasteiger partial charge in [0.1, 0.15) is 5.69 Å². The van der Waals surface area contributed by atoms with E-state index in [1.165, 1.54) is 9.87 Å². The van der Waals surface area contributed by atoms with E-state index >= 15 is 0 Å². The van der Waals surface area contributed by atoms with Crippen molar-refractivity contribution in [1.82, 2.24) is 19.3 Å². The summed E-state index contributed by atoms with van der Waals surface area (Å²) in [6, 6.07) is 4.20. The number of aryl methyl sites for hydroxylation is 4. The molecule has 0 unspecified atom stereocenters. The van der Waals surface area contributed by atoms with Gasteiger partial charge in [-0.25, -0.2) is 8.42 Å². The summed E-state index contributed by atoms with van der Waals surface area (Å²) in [5.74, 6) is -0.0428. The molecule has 2 aliphatic heterocycles. The molecular formula is C26H36N4O4S. The molecule has 0 N–H and O–H groups in total. The summed E-state index contributed by atoms with van der Waals surface area (Å²) in [5, 5.41) is 3.97. The topological polar surface area (TPSA) is 87.0 Å². The Morgan fingerprint density at radius 2 is 1.69 bits per heavy atom. The number of carbonyl (C=O) groups is 1. The lowest BCUT2D eigenvalue weighted by Crippen LogP contribution is -2.52. The second kappa shape index (κ2) is 10.2. The molecule has 190 valence electrons. The van der Waals surface area contributed by atoms with E-state index in [0.717, 1.165) is 29.8 Å². The summed E-state index contributed by atoms with van der Waals surface area (Å²) < 4.78 is 34.3. The molecule has 0 saturated carbocycles. The van der Waals surface area contributed by atoms with Gasteiger partial charge >= 0.3 is 0 Å². The average Bonchev–Trinajstić information content (AvgIpc) is 3.19. The van der Waals surface area contributed by atoms with Crippen molar-refractivity contribution in [2.75, 3.05) is 46.3 Å². The molecule has 0 aliphatic carbocycles. The monoisotopic (exact) mass is 500 g/mol. The quantitative estimate of drug-likeness (QED) is 0.626. The van der Waals surface area contributed by atoms with Gasteiger partial charge in [-0.15, -0.1) is 0 Å². The third-order valence-electron chi connectivity index (χ3n) is 7.12. The van der Waals surface area contributed by atoms with Crippen molar-refractivity contribution in [1.29, 1.82) is 0 Å². The zero-order chi connectivity index (χ0) is 25.3. The predicted molar refractivity (Wildman–Crippen MR) is 136 cm³/mol. The molecule has 0 spiro atoms. The van der Waals surface area contributed by atoms with Crippen LogP contribution in [0.1, 0.15) is 46.5 Å². The van der Waals surface area contributed by atoms with E-state index in [0.29, 0.717) is 38.2 Å². The van der Waals surface area contributed by atoms with Crippen LogP contribution in [0.25, 0.3) is 12.2 Å². The van der Waals surface area contributed by atoms with Gasteiger partial charge in [0.2, 0.25) is 15.9 Å². The van der Waals surface area contributed by atoms with E-state index < -0.39 is 10.0 Å². The Morgan fingerprint density at radius 3 is 2.34 bits per heavy atom. The SMILES string of the molecule is Cc1cc(C)c(/C=C/c2onc(C)c2S(=O)(=O)N2CCC[C@H](C(=O)N3CCN(C)CC3)C2)c(C)c1. The Bertz CT molecular complexity index is 1200. The van der Waals surface area contributed by atoms with Gasteiger partial charge in [-0.3, -0.25) is 4.79 Å². The molecule has 2 aliphatic rings. The number of nitrogens with zero attached hydrogens (tertiary/aromatic N) is 4. The molecule has 4 rings (SSSR count). The highest BCUT2D eigenvalue weighted by molar-refractivity contribution is 7.89. The zero-order valence-electron chi connectivity index (χ0n) is 21.4. The van der Waals surface area contributed by atoms with Crippen LogP contribution >= 0.6 is 0 Å². The summed E-state index contributed by atoms with van der Waals surface area (Å²) in [6.07, 6.45) is 4.94. The Kier molecular flexibility index (Phi) is 7.49. The molecule has 0 bridgehead atoms. The van der Waals surface area contributed by atoms with Crippen LogP contribution in [-0.2, 0) is 14.8 Å². The maximum atomic E-state index is 13.7. The zero-order valence-corrected chi connectivity index (χ0v) is 22.2. The molecular weight excluding hydrogens is 464 g/mol. The van der Waals surface area contributed by atoms with Crippen LogP contribution in [0, 0.1) is 33.6 Å². The molecule has 1 aromatic carbocycles. The van der Waals surface area contributed by atoms with Gasteiger partial charge in [0.05, 0.1) is 5.92 Å². The molecule has 8 nitrogen and oxygen atoms in total. The van der Waals surface area contributed by atoms with Crippen molar-refractivity contribution in [3.8, 4) is 0 Å².